The molecule has 1 rings (SSSR count). The minimum absolute atomic E-state index is 0.0735. The highest BCUT2D eigenvalue weighted by atomic mass is 16.4. The lowest BCUT2D eigenvalue weighted by molar-refractivity contribution is -0.119. The quantitative estimate of drug-likeness (QED) is 0.816. The van der Waals surface area contributed by atoms with Gasteiger partial charge in [-0.1, -0.05) is 0 Å². The maximum absolute atomic E-state index is 11.8. The van der Waals surface area contributed by atoms with Crippen LogP contribution < -0.4 is 10.2 Å². The third-order valence-corrected chi connectivity index (χ3v) is 2.64. The molecule has 0 bridgehead atoms. The molecule has 1 amide bonds. The Labute approximate surface area is 100 Å². The van der Waals surface area contributed by atoms with E-state index in [-0.39, 0.29) is 17.5 Å². The van der Waals surface area contributed by atoms with Crippen LogP contribution in [0, 0.1) is 0 Å². The predicted molar refractivity (Wildman–Crippen MR) is 65.3 cm³/mol. The number of nitrogens with zero attached hydrogens (tertiary/aromatic N) is 1. The fourth-order valence-electron chi connectivity index (χ4n) is 1.37. The van der Waals surface area contributed by atoms with Gasteiger partial charge >= 0.3 is 5.97 Å². The Balaban J connectivity index is 2.86. The van der Waals surface area contributed by atoms with E-state index in [1.54, 1.807) is 33.2 Å². The lowest BCUT2D eigenvalue weighted by Crippen LogP contribution is -2.41. The predicted octanol–water partition coefficient (Wildman–Crippen LogP) is 0.955. The molecule has 0 aliphatic carbocycles. The average Bonchev–Trinajstić information content (AvgIpc) is 2.36. The Morgan fingerprint density at radius 3 is 2.24 bits per heavy atom. The van der Waals surface area contributed by atoms with E-state index in [4.69, 9.17) is 5.11 Å². The van der Waals surface area contributed by atoms with Crippen molar-refractivity contribution in [1.29, 1.82) is 0 Å². The van der Waals surface area contributed by atoms with Gasteiger partial charge in [0.25, 0.3) is 0 Å². The summed E-state index contributed by atoms with van der Waals surface area (Å²) in [5, 5.41) is 11.6. The fourth-order valence-corrected chi connectivity index (χ4v) is 1.37. The maximum Gasteiger partial charge on any atom is 0.335 e. The minimum atomic E-state index is -0.978. The number of carboxylic acids is 1. The zero-order chi connectivity index (χ0) is 13.0. The van der Waals surface area contributed by atoms with Gasteiger partial charge in [0.15, 0.2) is 0 Å². The molecule has 2 N–H and O–H groups in total. The van der Waals surface area contributed by atoms with Crippen molar-refractivity contribution >= 4 is 17.6 Å². The first-order valence-electron chi connectivity index (χ1n) is 5.25. The number of hydrogen-bond donors (Lipinski definition) is 2. The normalized spacial score (nSPS) is 11.9. The Kier molecular flexibility index (Phi) is 4.23. The SMILES string of the molecule is CNC(C)C(=O)N(C)c1ccc(C(=O)O)cc1. The highest BCUT2D eigenvalue weighted by Crippen LogP contribution is 2.14. The first-order valence-corrected chi connectivity index (χ1v) is 5.25. The summed E-state index contributed by atoms with van der Waals surface area (Å²) in [4.78, 5) is 24.0. The summed E-state index contributed by atoms with van der Waals surface area (Å²) in [6.07, 6.45) is 0. The molecule has 0 heterocycles. The highest BCUT2D eigenvalue weighted by molar-refractivity contribution is 5.97. The second-order valence-corrected chi connectivity index (χ2v) is 3.76. The van der Waals surface area contributed by atoms with Crippen LogP contribution in [0.3, 0.4) is 0 Å². The molecular formula is C12H16N2O3. The van der Waals surface area contributed by atoms with Crippen LogP contribution in [0.2, 0.25) is 0 Å². The first-order chi connectivity index (χ1) is 7.97. The molecular weight excluding hydrogens is 220 g/mol. The standard InChI is InChI=1S/C12H16N2O3/c1-8(13-2)11(15)14(3)10-6-4-9(5-7-10)12(16)17/h4-8,13H,1-3H3,(H,16,17). The largest absolute Gasteiger partial charge is 0.478 e. The number of hydrogen-bond acceptors (Lipinski definition) is 3. The lowest BCUT2D eigenvalue weighted by atomic mass is 10.2. The number of amides is 1. The van der Waals surface area contributed by atoms with Gasteiger partial charge in [-0.25, -0.2) is 4.79 Å². The third kappa shape index (κ3) is 3.04. The Morgan fingerprint density at radius 2 is 1.82 bits per heavy atom. The molecule has 0 saturated heterocycles. The van der Waals surface area contributed by atoms with Gasteiger partial charge in [0, 0.05) is 12.7 Å². The number of anilines is 1. The van der Waals surface area contributed by atoms with Crippen LogP contribution in [-0.4, -0.2) is 37.1 Å². The summed E-state index contributed by atoms with van der Waals surface area (Å²) in [7, 11) is 3.37. The van der Waals surface area contributed by atoms with Crippen molar-refractivity contribution in [3.05, 3.63) is 29.8 Å². The summed E-state index contributed by atoms with van der Waals surface area (Å²) in [5.74, 6) is -1.05. The molecule has 5 heteroatoms. The summed E-state index contributed by atoms with van der Waals surface area (Å²) >= 11 is 0. The molecule has 0 aliphatic rings. The van der Waals surface area contributed by atoms with Crippen molar-refractivity contribution in [3.8, 4) is 0 Å². The van der Waals surface area contributed by atoms with Gasteiger partial charge in [-0.15, -0.1) is 0 Å². The summed E-state index contributed by atoms with van der Waals surface area (Å²) in [6, 6.07) is 5.91. The number of rotatable bonds is 4. The fraction of sp³-hybridized carbons (Fsp3) is 0.333. The lowest BCUT2D eigenvalue weighted by Gasteiger charge is -2.21. The van der Waals surface area contributed by atoms with Crippen LogP contribution in [0.4, 0.5) is 5.69 Å². The molecule has 0 aliphatic heterocycles. The molecule has 1 atom stereocenters. The Hall–Kier alpha value is -1.88. The third-order valence-electron chi connectivity index (χ3n) is 2.64. The number of benzene rings is 1. The molecule has 0 radical (unpaired) electrons. The summed E-state index contributed by atoms with van der Waals surface area (Å²) in [5.41, 5.74) is 0.873. The zero-order valence-electron chi connectivity index (χ0n) is 10.1. The van der Waals surface area contributed by atoms with Crippen molar-refractivity contribution in [2.75, 3.05) is 19.0 Å². The highest BCUT2D eigenvalue weighted by Gasteiger charge is 2.17. The van der Waals surface area contributed by atoms with E-state index >= 15 is 0 Å². The second-order valence-electron chi connectivity index (χ2n) is 3.76. The second kappa shape index (κ2) is 5.45. The topological polar surface area (TPSA) is 69.6 Å². The van der Waals surface area contributed by atoms with Crippen LogP contribution in [0.1, 0.15) is 17.3 Å². The smallest absolute Gasteiger partial charge is 0.335 e. The molecule has 17 heavy (non-hydrogen) atoms. The molecule has 0 aromatic heterocycles. The Bertz CT molecular complexity index is 414. The zero-order valence-corrected chi connectivity index (χ0v) is 10.1. The van der Waals surface area contributed by atoms with Crippen LogP contribution in [-0.2, 0) is 4.79 Å². The minimum Gasteiger partial charge on any atom is -0.478 e. The molecule has 1 aromatic rings. The van der Waals surface area contributed by atoms with Gasteiger partial charge in [0.2, 0.25) is 5.91 Å². The van der Waals surface area contributed by atoms with E-state index in [9.17, 15) is 9.59 Å². The molecule has 5 nitrogen and oxygen atoms in total. The van der Waals surface area contributed by atoms with Gasteiger partial charge < -0.3 is 15.3 Å². The van der Waals surface area contributed by atoms with Crippen molar-refractivity contribution in [1.82, 2.24) is 5.32 Å². The van der Waals surface area contributed by atoms with Gasteiger partial charge in [-0.05, 0) is 38.2 Å². The van der Waals surface area contributed by atoms with Crippen LogP contribution in [0.25, 0.3) is 0 Å². The van der Waals surface area contributed by atoms with E-state index in [2.05, 4.69) is 5.32 Å². The summed E-state index contributed by atoms with van der Waals surface area (Å²) in [6.45, 7) is 1.77. The molecule has 1 aromatic carbocycles. The molecule has 0 saturated carbocycles. The number of carbonyl (C=O) groups is 2. The monoisotopic (exact) mass is 236 g/mol. The average molecular weight is 236 g/mol. The van der Waals surface area contributed by atoms with Crippen molar-refractivity contribution in [3.63, 3.8) is 0 Å². The van der Waals surface area contributed by atoms with E-state index in [1.807, 2.05) is 0 Å². The summed E-state index contributed by atoms with van der Waals surface area (Å²) < 4.78 is 0. The van der Waals surface area contributed by atoms with Gasteiger partial charge in [-0.2, -0.15) is 0 Å². The number of likely N-dealkylation sites (N-methyl/N-ethyl adjacent to an activating group) is 2. The van der Waals surface area contributed by atoms with E-state index < -0.39 is 5.97 Å². The van der Waals surface area contributed by atoms with E-state index in [0.29, 0.717) is 5.69 Å². The molecule has 0 spiro atoms. The molecule has 0 fully saturated rings. The van der Waals surface area contributed by atoms with Crippen LogP contribution in [0.15, 0.2) is 24.3 Å². The number of aromatic carboxylic acids is 1. The van der Waals surface area contributed by atoms with Crippen molar-refractivity contribution < 1.29 is 14.7 Å². The number of nitrogens with one attached hydrogen (secondary N) is 1. The van der Waals surface area contributed by atoms with Crippen molar-refractivity contribution in [2.45, 2.75) is 13.0 Å². The van der Waals surface area contributed by atoms with Crippen molar-refractivity contribution in [2.24, 2.45) is 0 Å². The number of carbonyl (C=O) groups excluding carboxylic acids is 1. The van der Waals surface area contributed by atoms with E-state index in [0.717, 1.165) is 0 Å². The van der Waals surface area contributed by atoms with Crippen LogP contribution in [0.5, 0.6) is 0 Å². The maximum atomic E-state index is 11.8. The number of carboxylic acid groups (broad SMARTS) is 1. The van der Waals surface area contributed by atoms with Gasteiger partial charge in [0.1, 0.15) is 0 Å². The Morgan fingerprint density at radius 1 is 1.29 bits per heavy atom. The van der Waals surface area contributed by atoms with Crippen LogP contribution >= 0.6 is 0 Å². The first kappa shape index (κ1) is 13.2. The van der Waals surface area contributed by atoms with E-state index in [1.165, 1.54) is 17.0 Å². The van der Waals surface area contributed by atoms with Gasteiger partial charge in [0.05, 0.1) is 11.6 Å². The molecule has 92 valence electrons. The molecule has 1 unspecified atom stereocenters. The van der Waals surface area contributed by atoms with Gasteiger partial charge in [-0.3, -0.25) is 4.79 Å².